The van der Waals surface area contributed by atoms with E-state index in [1.165, 1.54) is 77.6 Å². The number of furan rings is 1. The number of benzene rings is 3. The fourth-order valence-electron chi connectivity index (χ4n) is 8.99. The predicted octanol–water partition coefficient (Wildman–Crippen LogP) is 11.7. The number of aryl methyl sites for hydroxylation is 1. The standard InChI is InChI=1S/C49H43NOS/c1-2-4-10-33(9-3-1)34-15-23-39(24-16-34)50(40-25-17-35(18-26-40)37-21-29-47-44(31-37)42-11-5-7-13-46(42)51-47)41-27-19-36(20-28-41)38-22-30-49-45(32-38)43-12-6-8-14-48(43)52-49/h1-3,5-7,9-13,17-20,22-23,25,27-32,34,37,40H,4,8,14-16,21,24,26H2. The van der Waals surface area contributed by atoms with Crippen molar-refractivity contribution >= 4 is 56.3 Å². The summed E-state index contributed by atoms with van der Waals surface area (Å²) in [5.74, 6) is 0.956. The Balaban J connectivity index is 0.947. The van der Waals surface area contributed by atoms with Gasteiger partial charge in [-0.1, -0.05) is 109 Å². The van der Waals surface area contributed by atoms with Crippen LogP contribution in [0.15, 0.2) is 149 Å². The highest BCUT2D eigenvalue weighted by molar-refractivity contribution is 7.19. The Morgan fingerprint density at radius 3 is 2.54 bits per heavy atom. The van der Waals surface area contributed by atoms with Crippen molar-refractivity contribution in [1.29, 1.82) is 0 Å². The molecule has 5 aromatic rings. The SMILES string of the molecule is C1=CCC=C(C2CC=C(N(c3ccc(-c4ccc5sc6c(c5c4)C=CCC6)cc3)C3C=CC(C4C=c5c(oc6ccccc56)=CC4)=CC3)CC2)C=C1. The minimum Gasteiger partial charge on any atom is -0.456 e. The molecule has 2 nitrogen and oxygen atoms in total. The van der Waals surface area contributed by atoms with Crippen molar-refractivity contribution in [3.05, 3.63) is 165 Å². The first kappa shape index (κ1) is 31.6. The van der Waals surface area contributed by atoms with Gasteiger partial charge >= 0.3 is 0 Å². The van der Waals surface area contributed by atoms with Gasteiger partial charge in [-0.2, -0.15) is 0 Å². The third-order valence-electron chi connectivity index (χ3n) is 11.8. The molecule has 3 heteroatoms. The summed E-state index contributed by atoms with van der Waals surface area (Å²) in [7, 11) is 0. The van der Waals surface area contributed by atoms with Crippen LogP contribution in [0.2, 0.25) is 0 Å². The van der Waals surface area contributed by atoms with Crippen molar-refractivity contribution in [2.75, 3.05) is 4.90 Å². The molecule has 5 aliphatic carbocycles. The van der Waals surface area contributed by atoms with E-state index in [1.807, 2.05) is 11.3 Å². The highest BCUT2D eigenvalue weighted by Crippen LogP contribution is 2.40. The summed E-state index contributed by atoms with van der Waals surface area (Å²) < 4.78 is 7.57. The zero-order chi connectivity index (χ0) is 34.4. The van der Waals surface area contributed by atoms with Gasteiger partial charge in [-0.3, -0.25) is 0 Å². The van der Waals surface area contributed by atoms with E-state index in [4.69, 9.17) is 4.42 Å². The zero-order valence-corrected chi connectivity index (χ0v) is 30.3. The van der Waals surface area contributed by atoms with Crippen LogP contribution in [0.5, 0.6) is 0 Å². The summed E-state index contributed by atoms with van der Waals surface area (Å²) in [6.45, 7) is 0. The third kappa shape index (κ3) is 5.82. The lowest BCUT2D eigenvalue weighted by atomic mass is 9.84. The maximum atomic E-state index is 6.17. The molecule has 0 N–H and O–H groups in total. The predicted molar refractivity (Wildman–Crippen MR) is 222 cm³/mol. The molecule has 0 radical (unpaired) electrons. The molecule has 0 bridgehead atoms. The van der Waals surface area contributed by atoms with Gasteiger partial charge in [0.15, 0.2) is 0 Å². The number of fused-ring (bicyclic) bond motifs is 6. The van der Waals surface area contributed by atoms with Crippen molar-refractivity contribution in [2.45, 2.75) is 57.4 Å². The molecular weight excluding hydrogens is 651 g/mol. The summed E-state index contributed by atoms with van der Waals surface area (Å²) in [6, 6.07) is 25.1. The molecule has 0 spiro atoms. The van der Waals surface area contributed by atoms with Gasteiger partial charge in [0.05, 0.1) is 6.04 Å². The Morgan fingerprint density at radius 2 is 1.65 bits per heavy atom. The molecule has 2 heterocycles. The van der Waals surface area contributed by atoms with Gasteiger partial charge in [0.2, 0.25) is 0 Å². The number of hydrogen-bond donors (Lipinski definition) is 0. The lowest BCUT2D eigenvalue weighted by molar-refractivity contribution is 0.530. The molecular formula is C49H43NOS. The number of nitrogens with zero attached hydrogens (tertiary/aromatic N) is 1. The lowest BCUT2D eigenvalue weighted by Crippen LogP contribution is -2.35. The van der Waals surface area contributed by atoms with Crippen LogP contribution >= 0.6 is 11.3 Å². The largest absolute Gasteiger partial charge is 0.456 e. The Kier molecular flexibility index (Phi) is 8.18. The highest BCUT2D eigenvalue weighted by Gasteiger charge is 2.27. The fraction of sp³-hybridized carbons (Fsp3) is 0.224. The lowest BCUT2D eigenvalue weighted by Gasteiger charge is -2.38. The molecule has 10 rings (SSSR count). The van der Waals surface area contributed by atoms with E-state index in [1.54, 1.807) is 0 Å². The number of thiophene rings is 1. The third-order valence-corrected chi connectivity index (χ3v) is 13.0. The Hall–Kier alpha value is -5.12. The van der Waals surface area contributed by atoms with Gasteiger partial charge in [-0.25, -0.2) is 0 Å². The number of para-hydroxylation sites is 1. The quantitative estimate of drug-likeness (QED) is 0.176. The summed E-state index contributed by atoms with van der Waals surface area (Å²) >= 11 is 1.97. The maximum absolute atomic E-state index is 6.17. The average Bonchev–Trinajstić information content (AvgIpc) is 3.64. The summed E-state index contributed by atoms with van der Waals surface area (Å²) in [4.78, 5) is 4.17. The van der Waals surface area contributed by atoms with Crippen molar-refractivity contribution < 1.29 is 4.42 Å². The Labute approximate surface area is 310 Å². The topological polar surface area (TPSA) is 16.4 Å². The first-order chi connectivity index (χ1) is 25.7. The molecule has 0 aliphatic heterocycles. The van der Waals surface area contributed by atoms with Crippen LogP contribution in [0.3, 0.4) is 0 Å². The number of anilines is 1. The first-order valence-electron chi connectivity index (χ1n) is 19.2. The van der Waals surface area contributed by atoms with E-state index < -0.39 is 0 Å². The van der Waals surface area contributed by atoms with E-state index in [2.05, 4.69) is 151 Å². The van der Waals surface area contributed by atoms with Crippen LogP contribution in [0.25, 0.3) is 50.4 Å². The van der Waals surface area contributed by atoms with Crippen LogP contribution < -0.4 is 15.5 Å². The van der Waals surface area contributed by atoms with Gasteiger partial charge in [0.1, 0.15) is 11.0 Å². The van der Waals surface area contributed by atoms with Crippen LogP contribution in [-0.2, 0) is 6.42 Å². The molecule has 0 saturated carbocycles. The summed E-state index contributed by atoms with van der Waals surface area (Å²) in [6.07, 6.45) is 39.4. The molecule has 2 aromatic heterocycles. The van der Waals surface area contributed by atoms with E-state index in [-0.39, 0.29) is 6.04 Å². The molecule has 0 fully saturated rings. The number of allylic oxidation sites excluding steroid dienone is 11. The fourth-order valence-corrected chi connectivity index (χ4v) is 10.2. The summed E-state index contributed by atoms with van der Waals surface area (Å²) in [5.41, 5.74) is 11.6. The van der Waals surface area contributed by atoms with Crippen molar-refractivity contribution in [2.24, 2.45) is 11.8 Å². The molecule has 3 unspecified atom stereocenters. The van der Waals surface area contributed by atoms with E-state index in [0.29, 0.717) is 11.8 Å². The zero-order valence-electron chi connectivity index (χ0n) is 29.5. The van der Waals surface area contributed by atoms with Crippen LogP contribution in [-0.4, -0.2) is 6.04 Å². The van der Waals surface area contributed by atoms with E-state index in [9.17, 15) is 0 Å². The molecule has 256 valence electrons. The second kappa shape index (κ2) is 13.5. The summed E-state index contributed by atoms with van der Waals surface area (Å²) in [5, 5.41) is 3.86. The van der Waals surface area contributed by atoms with Crippen LogP contribution in [0.4, 0.5) is 5.69 Å². The number of rotatable bonds is 6. The molecule has 5 aliphatic rings. The molecule has 0 amide bonds. The highest BCUT2D eigenvalue weighted by atomic mass is 32.1. The second-order valence-corrected chi connectivity index (χ2v) is 16.0. The Morgan fingerprint density at radius 1 is 0.731 bits per heavy atom. The van der Waals surface area contributed by atoms with Crippen LogP contribution in [0.1, 0.15) is 55.4 Å². The average molecular weight is 694 g/mol. The molecule has 52 heavy (non-hydrogen) atoms. The van der Waals surface area contributed by atoms with E-state index in [0.717, 1.165) is 49.5 Å². The molecule has 3 atom stereocenters. The van der Waals surface area contributed by atoms with Gasteiger partial charge in [-0.05, 0) is 122 Å². The smallest absolute Gasteiger partial charge is 0.135 e. The van der Waals surface area contributed by atoms with E-state index >= 15 is 0 Å². The van der Waals surface area contributed by atoms with Gasteiger partial charge in [-0.15, -0.1) is 11.3 Å². The monoisotopic (exact) mass is 693 g/mol. The minimum atomic E-state index is 0.275. The second-order valence-electron chi connectivity index (χ2n) is 14.9. The van der Waals surface area contributed by atoms with Gasteiger partial charge in [0.25, 0.3) is 0 Å². The Bertz CT molecular complexity index is 2540. The minimum absolute atomic E-state index is 0.275. The molecule has 3 aromatic carbocycles. The first-order valence-corrected chi connectivity index (χ1v) is 20.0. The van der Waals surface area contributed by atoms with Crippen molar-refractivity contribution in [1.82, 2.24) is 0 Å². The number of hydrogen-bond acceptors (Lipinski definition) is 3. The molecule has 0 saturated heterocycles. The van der Waals surface area contributed by atoms with Crippen molar-refractivity contribution in [3.63, 3.8) is 0 Å². The van der Waals surface area contributed by atoms with Gasteiger partial charge in [0, 0.05) is 42.9 Å². The van der Waals surface area contributed by atoms with Crippen LogP contribution in [0, 0.1) is 11.8 Å². The van der Waals surface area contributed by atoms with Crippen molar-refractivity contribution in [3.8, 4) is 11.1 Å². The normalized spacial score (nSPS) is 22.2. The van der Waals surface area contributed by atoms with Gasteiger partial charge < -0.3 is 9.32 Å². The maximum Gasteiger partial charge on any atom is 0.135 e.